The standard InChI is InChI=1S/C23H21N3O6S/c27-9-3-8-26-20(19(25-23(26)33)16-4-1-2-7-24-16)18-6-5-17(32-18)13-10-14(21(28)29)12-15(11-13)22(30)31/h1-2,4-7,10-12,19-20,27H,3,8-9H2,(H,25,33)(H,28,29)(H,30,31). The smallest absolute Gasteiger partial charge is 0.335 e. The second-order valence-corrected chi connectivity index (χ2v) is 7.90. The molecule has 10 heteroatoms. The molecule has 2 unspecified atom stereocenters. The number of aliphatic hydroxyl groups is 1. The molecule has 0 radical (unpaired) electrons. The highest BCUT2D eigenvalue weighted by Crippen LogP contribution is 2.40. The molecule has 9 nitrogen and oxygen atoms in total. The molecule has 1 aliphatic rings. The van der Waals surface area contributed by atoms with Gasteiger partial charge < -0.3 is 30.0 Å². The van der Waals surface area contributed by atoms with Gasteiger partial charge in [0.15, 0.2) is 5.11 Å². The van der Waals surface area contributed by atoms with Crippen LogP contribution in [-0.4, -0.2) is 55.4 Å². The number of furan rings is 1. The van der Waals surface area contributed by atoms with E-state index in [1.807, 2.05) is 23.1 Å². The Balaban J connectivity index is 1.75. The van der Waals surface area contributed by atoms with Crippen LogP contribution in [0.25, 0.3) is 11.3 Å². The molecule has 2 atom stereocenters. The number of pyridine rings is 1. The first-order valence-corrected chi connectivity index (χ1v) is 10.6. The normalized spacial score (nSPS) is 17.7. The molecule has 4 rings (SSSR count). The van der Waals surface area contributed by atoms with Gasteiger partial charge in [-0.1, -0.05) is 6.07 Å². The quantitative estimate of drug-likeness (QED) is 0.366. The first-order valence-electron chi connectivity index (χ1n) is 10.2. The SMILES string of the molecule is O=C(O)c1cc(C(=O)O)cc(-c2ccc(C3C(c4ccccn4)NC(=S)N3CCCO)o2)c1. The number of aromatic nitrogens is 1. The monoisotopic (exact) mass is 467 g/mol. The van der Waals surface area contributed by atoms with Gasteiger partial charge in [0, 0.05) is 24.9 Å². The number of aromatic carboxylic acids is 2. The van der Waals surface area contributed by atoms with Crippen LogP contribution in [0.2, 0.25) is 0 Å². The molecular weight excluding hydrogens is 446 g/mol. The zero-order chi connectivity index (χ0) is 23.5. The summed E-state index contributed by atoms with van der Waals surface area (Å²) >= 11 is 5.53. The molecule has 170 valence electrons. The van der Waals surface area contributed by atoms with Crippen molar-refractivity contribution in [1.82, 2.24) is 15.2 Å². The Bertz CT molecular complexity index is 1160. The molecule has 4 N–H and O–H groups in total. The van der Waals surface area contributed by atoms with E-state index in [2.05, 4.69) is 10.3 Å². The molecule has 1 fully saturated rings. The number of benzene rings is 1. The third kappa shape index (κ3) is 4.57. The van der Waals surface area contributed by atoms with Crippen LogP contribution in [-0.2, 0) is 0 Å². The number of carboxylic acids is 2. The van der Waals surface area contributed by atoms with Gasteiger partial charge in [0.05, 0.1) is 22.9 Å². The van der Waals surface area contributed by atoms with Crippen molar-refractivity contribution < 1.29 is 29.3 Å². The minimum atomic E-state index is -1.23. The van der Waals surface area contributed by atoms with Gasteiger partial charge in [-0.15, -0.1) is 0 Å². The summed E-state index contributed by atoms with van der Waals surface area (Å²) in [5.74, 6) is -1.59. The molecule has 0 aliphatic carbocycles. The average Bonchev–Trinajstić information content (AvgIpc) is 3.42. The molecule has 0 bridgehead atoms. The van der Waals surface area contributed by atoms with Crippen molar-refractivity contribution in [2.24, 2.45) is 0 Å². The number of carbonyl (C=O) groups is 2. The highest BCUT2D eigenvalue weighted by Gasteiger charge is 2.41. The molecule has 33 heavy (non-hydrogen) atoms. The van der Waals surface area contributed by atoms with Gasteiger partial charge in [0.2, 0.25) is 0 Å². The van der Waals surface area contributed by atoms with Crippen molar-refractivity contribution >= 4 is 29.3 Å². The van der Waals surface area contributed by atoms with E-state index in [1.165, 1.54) is 12.1 Å². The lowest BCUT2D eigenvalue weighted by Gasteiger charge is -2.25. The predicted molar refractivity (Wildman–Crippen MR) is 122 cm³/mol. The molecule has 0 saturated carbocycles. The molecule has 0 amide bonds. The van der Waals surface area contributed by atoms with Gasteiger partial charge in [-0.25, -0.2) is 9.59 Å². The zero-order valence-electron chi connectivity index (χ0n) is 17.3. The molecule has 3 aromatic rings. The van der Waals surface area contributed by atoms with Crippen LogP contribution in [0, 0.1) is 0 Å². The average molecular weight is 468 g/mol. The fourth-order valence-electron chi connectivity index (χ4n) is 3.88. The van der Waals surface area contributed by atoms with E-state index in [0.29, 0.717) is 35.2 Å². The van der Waals surface area contributed by atoms with E-state index in [-0.39, 0.29) is 29.8 Å². The number of hydrogen-bond acceptors (Lipinski definition) is 6. The van der Waals surface area contributed by atoms with E-state index in [1.54, 1.807) is 18.3 Å². The molecule has 3 heterocycles. The van der Waals surface area contributed by atoms with Crippen molar-refractivity contribution in [3.8, 4) is 11.3 Å². The number of hydrogen-bond donors (Lipinski definition) is 4. The maximum absolute atomic E-state index is 11.5. The van der Waals surface area contributed by atoms with E-state index in [9.17, 15) is 24.9 Å². The van der Waals surface area contributed by atoms with Crippen molar-refractivity contribution in [2.45, 2.75) is 18.5 Å². The lowest BCUT2D eigenvalue weighted by molar-refractivity contribution is 0.0696. The highest BCUT2D eigenvalue weighted by molar-refractivity contribution is 7.80. The van der Waals surface area contributed by atoms with E-state index in [4.69, 9.17) is 16.6 Å². The van der Waals surface area contributed by atoms with Crippen LogP contribution in [0.15, 0.2) is 59.1 Å². The van der Waals surface area contributed by atoms with Crippen molar-refractivity contribution in [2.75, 3.05) is 13.2 Å². The van der Waals surface area contributed by atoms with Crippen LogP contribution in [0.5, 0.6) is 0 Å². The number of thiocarbonyl (C=S) groups is 1. The third-order valence-electron chi connectivity index (χ3n) is 5.38. The van der Waals surface area contributed by atoms with Gasteiger partial charge in [-0.05, 0) is 61.1 Å². The summed E-state index contributed by atoms with van der Waals surface area (Å²) in [6.07, 6.45) is 2.19. The van der Waals surface area contributed by atoms with Crippen LogP contribution in [0.3, 0.4) is 0 Å². The Morgan fingerprint density at radius 3 is 2.42 bits per heavy atom. The van der Waals surface area contributed by atoms with Crippen molar-refractivity contribution in [1.29, 1.82) is 0 Å². The fraction of sp³-hybridized carbons (Fsp3) is 0.217. The van der Waals surface area contributed by atoms with Gasteiger partial charge in [0.25, 0.3) is 0 Å². The summed E-state index contributed by atoms with van der Waals surface area (Å²) in [5, 5.41) is 31.8. The van der Waals surface area contributed by atoms with Crippen molar-refractivity contribution in [3.05, 3.63) is 77.3 Å². The third-order valence-corrected chi connectivity index (χ3v) is 5.74. The van der Waals surface area contributed by atoms with Gasteiger partial charge in [0.1, 0.15) is 17.6 Å². The zero-order valence-corrected chi connectivity index (χ0v) is 18.2. The number of nitrogens with one attached hydrogen (secondary N) is 1. The molecule has 1 aliphatic heterocycles. The first-order chi connectivity index (χ1) is 15.9. The predicted octanol–water partition coefficient (Wildman–Crippen LogP) is 3.09. The first kappa shape index (κ1) is 22.4. The van der Waals surface area contributed by atoms with Crippen LogP contribution >= 0.6 is 12.2 Å². The molecular formula is C23H21N3O6S. The summed E-state index contributed by atoms with van der Waals surface area (Å²) in [5.41, 5.74) is 0.795. The Labute approximate surface area is 194 Å². The summed E-state index contributed by atoms with van der Waals surface area (Å²) in [4.78, 5) is 29.3. The van der Waals surface area contributed by atoms with Crippen LogP contribution < -0.4 is 5.32 Å². The fourth-order valence-corrected chi connectivity index (χ4v) is 4.21. The minimum Gasteiger partial charge on any atom is -0.478 e. The van der Waals surface area contributed by atoms with Crippen LogP contribution in [0.4, 0.5) is 0 Å². The Hall–Kier alpha value is -3.76. The largest absolute Gasteiger partial charge is 0.478 e. The maximum atomic E-state index is 11.5. The summed E-state index contributed by atoms with van der Waals surface area (Å²) in [6, 6.07) is 12.2. The maximum Gasteiger partial charge on any atom is 0.335 e. The Kier molecular flexibility index (Phi) is 6.38. The number of aliphatic hydroxyl groups excluding tert-OH is 1. The molecule has 1 saturated heterocycles. The van der Waals surface area contributed by atoms with Gasteiger partial charge in [-0.3, -0.25) is 4.98 Å². The molecule has 0 spiro atoms. The van der Waals surface area contributed by atoms with E-state index >= 15 is 0 Å². The Morgan fingerprint density at radius 2 is 1.82 bits per heavy atom. The number of rotatable bonds is 8. The van der Waals surface area contributed by atoms with E-state index < -0.39 is 11.9 Å². The lowest BCUT2D eigenvalue weighted by atomic mass is 10.0. The summed E-state index contributed by atoms with van der Waals surface area (Å²) < 4.78 is 6.12. The minimum absolute atomic E-state index is 0.00341. The molecule has 1 aromatic carbocycles. The van der Waals surface area contributed by atoms with Gasteiger partial charge in [-0.2, -0.15) is 0 Å². The second-order valence-electron chi connectivity index (χ2n) is 7.51. The van der Waals surface area contributed by atoms with Crippen LogP contribution in [0.1, 0.15) is 50.7 Å². The number of nitrogens with zero attached hydrogens (tertiary/aromatic N) is 2. The second kappa shape index (κ2) is 9.39. The van der Waals surface area contributed by atoms with Crippen molar-refractivity contribution in [3.63, 3.8) is 0 Å². The topological polar surface area (TPSA) is 136 Å². The lowest BCUT2D eigenvalue weighted by Crippen LogP contribution is -2.30. The highest BCUT2D eigenvalue weighted by atomic mass is 32.1. The van der Waals surface area contributed by atoms with E-state index in [0.717, 1.165) is 11.8 Å². The summed E-state index contributed by atoms with van der Waals surface area (Å²) in [6.45, 7) is 0.494. The Morgan fingerprint density at radius 1 is 1.09 bits per heavy atom. The summed E-state index contributed by atoms with van der Waals surface area (Å²) in [7, 11) is 0. The van der Waals surface area contributed by atoms with Gasteiger partial charge >= 0.3 is 11.9 Å². The number of carboxylic acid groups (broad SMARTS) is 2. The molecule has 2 aromatic heterocycles.